The van der Waals surface area contributed by atoms with Gasteiger partial charge in [-0.15, -0.1) is 0 Å². The van der Waals surface area contributed by atoms with Gasteiger partial charge >= 0.3 is 0 Å². The molecule has 0 aromatic rings. The third-order valence-electron chi connectivity index (χ3n) is 1.05. The van der Waals surface area contributed by atoms with E-state index >= 15 is 0 Å². The molecule has 0 heterocycles. The zero-order chi connectivity index (χ0) is 8.15. The van der Waals surface area contributed by atoms with Crippen LogP contribution in [0.5, 0.6) is 0 Å². The van der Waals surface area contributed by atoms with Crippen LogP contribution >= 0.6 is 0 Å². The molecule has 58 valence electrons. The van der Waals surface area contributed by atoms with Crippen LogP contribution in [0.3, 0.4) is 0 Å². The quantitative estimate of drug-likeness (QED) is 0.465. The topological polar surface area (TPSA) is 32.6 Å². The summed E-state index contributed by atoms with van der Waals surface area (Å²) in [6, 6.07) is 0. The van der Waals surface area contributed by atoms with Gasteiger partial charge in [-0.2, -0.15) is 0 Å². The third kappa shape index (κ3) is 4.13. The van der Waals surface area contributed by atoms with Gasteiger partial charge in [0, 0.05) is 11.6 Å². The molecule has 0 rings (SSSR count). The Hall–Kier alpha value is -0.790. The summed E-state index contributed by atoms with van der Waals surface area (Å²) in [5.41, 5.74) is 0.951. The summed E-state index contributed by atoms with van der Waals surface area (Å²) in [5, 5.41) is 9.13. The molecule has 1 N–H and O–H groups in total. The van der Waals surface area contributed by atoms with E-state index in [2.05, 4.69) is 4.99 Å². The summed E-state index contributed by atoms with van der Waals surface area (Å²) >= 11 is 0. The fourth-order valence-electron chi connectivity index (χ4n) is 0.344. The van der Waals surface area contributed by atoms with Crippen molar-refractivity contribution in [3.05, 3.63) is 12.0 Å². The molecule has 2 heteroatoms. The molecule has 0 aliphatic heterocycles. The Balaban J connectivity index is 4.05. The van der Waals surface area contributed by atoms with Gasteiger partial charge in [0.2, 0.25) is 0 Å². The van der Waals surface area contributed by atoms with Gasteiger partial charge in [-0.3, -0.25) is 4.99 Å². The summed E-state index contributed by atoms with van der Waals surface area (Å²) < 4.78 is 0. The Morgan fingerprint density at radius 2 is 1.90 bits per heavy atom. The first kappa shape index (κ1) is 9.21. The minimum Gasteiger partial charge on any atom is -0.510 e. The van der Waals surface area contributed by atoms with Crippen LogP contribution in [-0.4, -0.2) is 10.8 Å². The maximum atomic E-state index is 9.13. The maximum Gasteiger partial charge on any atom is 0.113 e. The summed E-state index contributed by atoms with van der Waals surface area (Å²) in [7, 11) is 0. The summed E-state index contributed by atoms with van der Waals surface area (Å²) in [4.78, 5) is 3.95. The molecule has 0 unspecified atom stereocenters. The maximum absolute atomic E-state index is 9.13. The molecular weight excluding hydrogens is 126 g/mol. The number of aliphatic hydroxyl groups excluding tert-OH is 1. The average molecular weight is 141 g/mol. The van der Waals surface area contributed by atoms with Crippen LogP contribution in [0.2, 0.25) is 0 Å². The number of aliphatic imine (C=N–C) groups is 1. The van der Waals surface area contributed by atoms with Crippen LogP contribution in [0.1, 0.15) is 27.7 Å². The largest absolute Gasteiger partial charge is 0.510 e. The van der Waals surface area contributed by atoms with Crippen molar-refractivity contribution in [3.8, 4) is 0 Å². The van der Waals surface area contributed by atoms with E-state index in [-0.39, 0.29) is 5.92 Å². The lowest BCUT2D eigenvalue weighted by atomic mass is 10.2. The Labute approximate surface area is 62.3 Å². The third-order valence-corrected chi connectivity index (χ3v) is 1.05. The summed E-state index contributed by atoms with van der Waals surface area (Å²) in [5.74, 6) is 0.504. The van der Waals surface area contributed by atoms with Crippen LogP contribution in [0.15, 0.2) is 17.0 Å². The zero-order valence-electron chi connectivity index (χ0n) is 7.05. The smallest absolute Gasteiger partial charge is 0.113 e. The van der Waals surface area contributed by atoms with Crippen LogP contribution < -0.4 is 0 Å². The molecule has 0 aromatic heterocycles. The number of aliphatic hydroxyl groups is 1. The number of allylic oxidation sites excluding steroid dienone is 1. The monoisotopic (exact) mass is 141 g/mol. The van der Waals surface area contributed by atoms with Crippen LogP contribution in [0, 0.1) is 5.92 Å². The lowest BCUT2D eigenvalue weighted by molar-refractivity contribution is 0.350. The molecule has 0 atom stereocenters. The van der Waals surface area contributed by atoms with E-state index in [0.717, 1.165) is 5.71 Å². The molecule has 0 fully saturated rings. The molecule has 0 amide bonds. The van der Waals surface area contributed by atoms with Crippen molar-refractivity contribution in [2.24, 2.45) is 10.9 Å². The second-order valence-electron chi connectivity index (χ2n) is 2.78. The average Bonchev–Trinajstić information content (AvgIpc) is 1.82. The highest BCUT2D eigenvalue weighted by Crippen LogP contribution is 2.04. The van der Waals surface area contributed by atoms with Gasteiger partial charge < -0.3 is 5.11 Å². The predicted octanol–water partition coefficient (Wildman–Crippen LogP) is 2.52. The van der Waals surface area contributed by atoms with Crippen molar-refractivity contribution < 1.29 is 5.11 Å². The lowest BCUT2D eigenvalue weighted by Gasteiger charge is -1.99. The van der Waals surface area contributed by atoms with Gasteiger partial charge in [-0.1, -0.05) is 13.8 Å². The van der Waals surface area contributed by atoms with Gasteiger partial charge in [0.1, 0.15) is 5.76 Å². The normalized spacial score (nSPS) is 11.9. The number of rotatable bonds is 2. The SMILES string of the molecule is CC(C)=N/C=C(\O)C(C)C. The summed E-state index contributed by atoms with van der Waals surface area (Å²) in [6.07, 6.45) is 1.50. The Bertz CT molecular complexity index is 153. The first-order valence-corrected chi connectivity index (χ1v) is 3.44. The molecule has 0 saturated heterocycles. The van der Waals surface area contributed by atoms with Gasteiger partial charge in [0.05, 0.1) is 6.20 Å². The van der Waals surface area contributed by atoms with Gasteiger partial charge in [0.15, 0.2) is 0 Å². The van der Waals surface area contributed by atoms with Crippen LogP contribution in [0.4, 0.5) is 0 Å². The molecular formula is C8H15NO. The van der Waals surface area contributed by atoms with E-state index in [1.54, 1.807) is 0 Å². The molecule has 2 nitrogen and oxygen atoms in total. The molecule has 0 aliphatic rings. The summed E-state index contributed by atoms with van der Waals surface area (Å²) in [6.45, 7) is 7.63. The zero-order valence-corrected chi connectivity index (χ0v) is 7.05. The minimum absolute atomic E-state index is 0.170. The predicted molar refractivity (Wildman–Crippen MR) is 44.3 cm³/mol. The number of nitrogens with zero attached hydrogens (tertiary/aromatic N) is 1. The second kappa shape index (κ2) is 4.09. The highest BCUT2D eigenvalue weighted by atomic mass is 16.3. The molecule has 0 bridgehead atoms. The van der Waals surface area contributed by atoms with Crippen LogP contribution in [0.25, 0.3) is 0 Å². The van der Waals surface area contributed by atoms with Gasteiger partial charge in [0.25, 0.3) is 0 Å². The Morgan fingerprint density at radius 1 is 1.40 bits per heavy atom. The van der Waals surface area contributed by atoms with E-state index < -0.39 is 0 Å². The van der Waals surface area contributed by atoms with E-state index in [4.69, 9.17) is 5.11 Å². The highest BCUT2D eigenvalue weighted by Gasteiger charge is 1.96. The van der Waals surface area contributed by atoms with E-state index in [1.165, 1.54) is 6.20 Å². The fraction of sp³-hybridized carbons (Fsp3) is 0.625. The van der Waals surface area contributed by atoms with Crippen molar-refractivity contribution in [2.45, 2.75) is 27.7 Å². The number of hydrogen-bond acceptors (Lipinski definition) is 2. The molecule has 10 heavy (non-hydrogen) atoms. The van der Waals surface area contributed by atoms with Crippen molar-refractivity contribution in [3.63, 3.8) is 0 Å². The van der Waals surface area contributed by atoms with Crippen molar-refractivity contribution in [2.75, 3.05) is 0 Å². The molecule has 0 saturated carbocycles. The molecule has 0 spiro atoms. The fourth-order valence-corrected chi connectivity index (χ4v) is 0.344. The van der Waals surface area contributed by atoms with Crippen molar-refractivity contribution >= 4 is 5.71 Å². The standard InChI is InChI=1S/C8H15NO/c1-6(2)8(10)5-9-7(3)4/h5-6,10H,1-4H3/b8-5-. The van der Waals surface area contributed by atoms with E-state index in [1.807, 2.05) is 27.7 Å². The van der Waals surface area contributed by atoms with Crippen molar-refractivity contribution in [1.82, 2.24) is 0 Å². The highest BCUT2D eigenvalue weighted by molar-refractivity contribution is 5.79. The van der Waals surface area contributed by atoms with Crippen LogP contribution in [-0.2, 0) is 0 Å². The van der Waals surface area contributed by atoms with E-state index in [0.29, 0.717) is 5.76 Å². The molecule has 0 aliphatic carbocycles. The second-order valence-corrected chi connectivity index (χ2v) is 2.78. The minimum atomic E-state index is 0.170. The lowest BCUT2D eigenvalue weighted by Crippen LogP contribution is -1.91. The molecule has 0 radical (unpaired) electrons. The first-order chi connectivity index (χ1) is 4.54. The van der Waals surface area contributed by atoms with Gasteiger partial charge in [-0.05, 0) is 13.8 Å². The molecule has 0 aromatic carbocycles. The number of hydrogen-bond donors (Lipinski definition) is 1. The van der Waals surface area contributed by atoms with Gasteiger partial charge in [-0.25, -0.2) is 0 Å². The van der Waals surface area contributed by atoms with E-state index in [9.17, 15) is 0 Å². The Morgan fingerprint density at radius 3 is 2.20 bits per heavy atom. The Kier molecular flexibility index (Phi) is 3.77. The van der Waals surface area contributed by atoms with Crippen molar-refractivity contribution in [1.29, 1.82) is 0 Å². The first-order valence-electron chi connectivity index (χ1n) is 3.44.